The van der Waals surface area contributed by atoms with Crippen molar-refractivity contribution in [3.63, 3.8) is 0 Å². The molecule has 0 aliphatic carbocycles. The highest BCUT2D eigenvalue weighted by atomic mass is 32.2. The Hall–Kier alpha value is -2.21. The highest BCUT2D eigenvalue weighted by Crippen LogP contribution is 2.31. The molecule has 0 saturated carbocycles. The van der Waals surface area contributed by atoms with Crippen molar-refractivity contribution < 1.29 is 23.3 Å². The van der Waals surface area contributed by atoms with Gasteiger partial charge in [0.1, 0.15) is 0 Å². The fourth-order valence-electron chi connectivity index (χ4n) is 2.54. The molecular weight excluding hydrogens is 376 g/mol. The van der Waals surface area contributed by atoms with Crippen LogP contribution in [0.2, 0.25) is 0 Å². The molecule has 0 fully saturated rings. The quantitative estimate of drug-likeness (QED) is 0.326. The van der Waals surface area contributed by atoms with E-state index in [0.29, 0.717) is 11.3 Å². The van der Waals surface area contributed by atoms with Crippen LogP contribution in [-0.4, -0.2) is 29.4 Å². The lowest BCUT2D eigenvalue weighted by atomic mass is 9.83. The van der Waals surface area contributed by atoms with E-state index < -0.39 is 28.2 Å². The summed E-state index contributed by atoms with van der Waals surface area (Å²) in [6.45, 7) is 9.46. The van der Waals surface area contributed by atoms with Crippen molar-refractivity contribution in [2.75, 3.05) is 13.2 Å². The van der Waals surface area contributed by atoms with Gasteiger partial charge in [0.05, 0.1) is 24.0 Å². The second-order valence-electron chi connectivity index (χ2n) is 6.65. The molecule has 0 N–H and O–H groups in total. The Morgan fingerprint density at radius 1 is 1.04 bits per heavy atom. The van der Waals surface area contributed by atoms with Crippen molar-refractivity contribution in [1.82, 2.24) is 0 Å². The summed E-state index contributed by atoms with van der Waals surface area (Å²) in [5.74, 6) is -1.37. The Balaban J connectivity index is 3.29. The SMILES string of the molecule is CCOC(=O)C(/C=C/S(=O)c1ccc(C)cc1)(CCC=C(C)C)C(=O)OCC. The van der Waals surface area contributed by atoms with Gasteiger partial charge in [-0.05, 0) is 65.7 Å². The molecule has 1 aromatic carbocycles. The second kappa shape index (κ2) is 11.6. The summed E-state index contributed by atoms with van der Waals surface area (Å²) in [5.41, 5.74) is 0.505. The maximum absolute atomic E-state index is 12.8. The van der Waals surface area contributed by atoms with Crippen LogP contribution in [0.15, 0.2) is 52.3 Å². The minimum Gasteiger partial charge on any atom is -0.465 e. The summed E-state index contributed by atoms with van der Waals surface area (Å²) in [4.78, 5) is 26.1. The third-order valence-corrected chi connectivity index (χ3v) is 5.22. The molecule has 0 heterocycles. The first-order valence-corrected chi connectivity index (χ1v) is 10.6. The summed E-state index contributed by atoms with van der Waals surface area (Å²) >= 11 is 0. The molecule has 6 heteroatoms. The number of aryl methyl sites for hydroxylation is 1. The zero-order valence-corrected chi connectivity index (χ0v) is 18.1. The number of hydrogen-bond acceptors (Lipinski definition) is 5. The Bertz CT molecular complexity index is 725. The molecule has 154 valence electrons. The Kier molecular flexibility index (Phi) is 9.87. The molecule has 0 spiro atoms. The molecule has 28 heavy (non-hydrogen) atoms. The molecule has 0 aliphatic heterocycles. The van der Waals surface area contributed by atoms with E-state index >= 15 is 0 Å². The fraction of sp³-hybridized carbons (Fsp3) is 0.455. The fourth-order valence-corrected chi connectivity index (χ4v) is 3.46. The van der Waals surface area contributed by atoms with Crippen LogP contribution in [0.3, 0.4) is 0 Å². The largest absolute Gasteiger partial charge is 0.465 e. The van der Waals surface area contributed by atoms with Crippen LogP contribution in [0.1, 0.15) is 46.1 Å². The summed E-state index contributed by atoms with van der Waals surface area (Å²) < 4.78 is 23.0. The lowest BCUT2D eigenvalue weighted by Crippen LogP contribution is -2.40. The Morgan fingerprint density at radius 3 is 2.04 bits per heavy atom. The van der Waals surface area contributed by atoms with Crippen molar-refractivity contribution in [1.29, 1.82) is 0 Å². The zero-order valence-electron chi connectivity index (χ0n) is 17.3. The maximum atomic E-state index is 12.8. The first kappa shape index (κ1) is 23.8. The van der Waals surface area contributed by atoms with Gasteiger partial charge in [-0.2, -0.15) is 0 Å². The normalized spacial score (nSPS) is 12.5. The molecular formula is C22H30O5S. The monoisotopic (exact) mass is 406 g/mol. The average Bonchev–Trinajstić information content (AvgIpc) is 2.65. The predicted molar refractivity (Wildman–Crippen MR) is 111 cm³/mol. The standard InChI is InChI=1S/C22H30O5S/c1-6-26-20(23)22(21(24)27-7-2,14-8-9-17(3)4)15-16-28(25)19-12-10-18(5)11-13-19/h9-13,15-16H,6-8,14H2,1-5H3/b16-15+. The molecule has 1 aromatic rings. The molecule has 0 aliphatic rings. The van der Waals surface area contributed by atoms with Gasteiger partial charge in [-0.25, -0.2) is 4.21 Å². The Morgan fingerprint density at radius 2 is 1.57 bits per heavy atom. The van der Waals surface area contributed by atoms with Gasteiger partial charge in [-0.1, -0.05) is 29.3 Å². The van der Waals surface area contributed by atoms with Gasteiger partial charge >= 0.3 is 11.9 Å². The van der Waals surface area contributed by atoms with Gasteiger partial charge in [0.15, 0.2) is 5.41 Å². The number of carbonyl (C=O) groups excluding carboxylic acids is 2. The number of ether oxygens (including phenoxy) is 2. The molecule has 5 nitrogen and oxygen atoms in total. The minimum absolute atomic E-state index is 0.136. The van der Waals surface area contributed by atoms with Gasteiger partial charge in [0.25, 0.3) is 0 Å². The minimum atomic E-state index is -1.63. The van der Waals surface area contributed by atoms with Gasteiger partial charge < -0.3 is 9.47 Å². The van der Waals surface area contributed by atoms with Gasteiger partial charge in [0, 0.05) is 10.3 Å². The highest BCUT2D eigenvalue weighted by Gasteiger charge is 2.46. The van der Waals surface area contributed by atoms with Crippen molar-refractivity contribution >= 4 is 22.7 Å². The third-order valence-electron chi connectivity index (χ3n) is 4.10. The molecule has 0 radical (unpaired) electrons. The van der Waals surface area contributed by atoms with Crippen LogP contribution in [0.25, 0.3) is 0 Å². The van der Waals surface area contributed by atoms with Crippen LogP contribution in [-0.2, 0) is 29.9 Å². The molecule has 0 bridgehead atoms. The van der Waals surface area contributed by atoms with Gasteiger partial charge in [0.2, 0.25) is 0 Å². The van der Waals surface area contributed by atoms with Crippen molar-refractivity contribution in [3.05, 3.63) is 53.0 Å². The van der Waals surface area contributed by atoms with E-state index in [1.165, 1.54) is 11.5 Å². The maximum Gasteiger partial charge on any atom is 0.327 e. The van der Waals surface area contributed by atoms with Crippen LogP contribution in [0.5, 0.6) is 0 Å². The van der Waals surface area contributed by atoms with Crippen LogP contribution >= 0.6 is 0 Å². The lowest BCUT2D eigenvalue weighted by molar-refractivity contribution is -0.168. The van der Waals surface area contributed by atoms with Crippen molar-refractivity contribution in [3.8, 4) is 0 Å². The first-order chi connectivity index (χ1) is 13.3. The highest BCUT2D eigenvalue weighted by molar-refractivity contribution is 7.88. The van der Waals surface area contributed by atoms with E-state index in [1.807, 2.05) is 39.0 Å². The average molecular weight is 407 g/mol. The number of benzene rings is 1. The Labute approximate surface area is 170 Å². The molecule has 0 saturated heterocycles. The van der Waals surface area contributed by atoms with Crippen molar-refractivity contribution in [2.45, 2.75) is 52.4 Å². The van der Waals surface area contributed by atoms with Crippen molar-refractivity contribution in [2.24, 2.45) is 5.41 Å². The topological polar surface area (TPSA) is 69.7 Å². The van der Waals surface area contributed by atoms with E-state index in [2.05, 4.69) is 0 Å². The van der Waals surface area contributed by atoms with Crippen LogP contribution in [0, 0.1) is 12.3 Å². The predicted octanol–water partition coefficient (Wildman–Crippen LogP) is 4.48. The molecule has 0 aromatic heterocycles. The molecule has 1 atom stereocenters. The number of carbonyl (C=O) groups is 2. The summed E-state index contributed by atoms with van der Waals surface area (Å²) in [6.07, 6.45) is 3.99. The molecule has 1 rings (SSSR count). The summed E-state index contributed by atoms with van der Waals surface area (Å²) in [5, 5.41) is 1.38. The van der Waals surface area contributed by atoms with Crippen LogP contribution < -0.4 is 0 Å². The smallest absolute Gasteiger partial charge is 0.327 e. The number of hydrogen-bond donors (Lipinski definition) is 0. The van der Waals surface area contributed by atoms with Gasteiger partial charge in [-0.3, -0.25) is 9.59 Å². The summed E-state index contributed by atoms with van der Waals surface area (Å²) in [7, 11) is -1.50. The molecule has 0 amide bonds. The number of esters is 2. The number of rotatable bonds is 10. The van der Waals surface area contributed by atoms with E-state index in [1.54, 1.807) is 26.0 Å². The van der Waals surface area contributed by atoms with E-state index in [-0.39, 0.29) is 19.6 Å². The lowest BCUT2D eigenvalue weighted by Gasteiger charge is -2.25. The molecule has 1 unspecified atom stereocenters. The van der Waals surface area contributed by atoms with Gasteiger partial charge in [-0.15, -0.1) is 0 Å². The summed E-state index contributed by atoms with van der Waals surface area (Å²) in [6, 6.07) is 7.24. The van der Waals surface area contributed by atoms with E-state index in [0.717, 1.165) is 11.1 Å². The zero-order chi connectivity index (χ0) is 21.2. The number of allylic oxidation sites excluding steroid dienone is 2. The second-order valence-corrected chi connectivity index (χ2v) is 7.98. The van der Waals surface area contributed by atoms with E-state index in [4.69, 9.17) is 9.47 Å². The third kappa shape index (κ3) is 6.75. The first-order valence-electron chi connectivity index (χ1n) is 9.41. The van der Waals surface area contributed by atoms with Crippen LogP contribution in [0.4, 0.5) is 0 Å². The van der Waals surface area contributed by atoms with E-state index in [9.17, 15) is 13.8 Å².